The van der Waals surface area contributed by atoms with Gasteiger partial charge in [-0.15, -0.1) is 0 Å². The van der Waals surface area contributed by atoms with Gasteiger partial charge in [-0.3, -0.25) is 0 Å². The van der Waals surface area contributed by atoms with Crippen LogP contribution in [0, 0.1) is 0 Å². The van der Waals surface area contributed by atoms with Crippen molar-refractivity contribution in [2.45, 2.75) is 26.4 Å². The molecule has 4 nitrogen and oxygen atoms in total. The van der Waals surface area contributed by atoms with Crippen LogP contribution in [-0.2, 0) is 0 Å². The molecule has 0 aliphatic carbocycles. The van der Waals surface area contributed by atoms with E-state index in [0.29, 0.717) is 5.88 Å². The molecule has 1 aromatic heterocycles. The molecule has 5 heteroatoms. The van der Waals surface area contributed by atoms with Gasteiger partial charge < -0.3 is 10.1 Å². The van der Waals surface area contributed by atoms with Crippen molar-refractivity contribution in [3.63, 3.8) is 0 Å². The van der Waals surface area contributed by atoms with E-state index in [1.54, 1.807) is 12.4 Å². The summed E-state index contributed by atoms with van der Waals surface area (Å²) in [5.41, 5.74) is 0. The topological polar surface area (TPSA) is 47.0 Å². The molecule has 0 fully saturated rings. The molecule has 1 N–H and O–H groups in total. The van der Waals surface area contributed by atoms with Crippen molar-refractivity contribution >= 4 is 17.6 Å². The van der Waals surface area contributed by atoms with Crippen LogP contribution in [0.5, 0.6) is 5.88 Å². The predicted octanol–water partition coefficient (Wildman–Crippen LogP) is 2.43. The first kappa shape index (κ1) is 13.1. The molecule has 90 valence electrons. The number of ether oxygens (including phenoxy) is 1. The molecule has 0 bridgehead atoms. The minimum Gasteiger partial charge on any atom is -0.472 e. The first-order valence-electron chi connectivity index (χ1n) is 5.44. The van der Waals surface area contributed by atoms with Crippen molar-refractivity contribution in [2.75, 3.05) is 23.9 Å². The lowest BCUT2D eigenvalue weighted by Crippen LogP contribution is -2.12. The van der Waals surface area contributed by atoms with Gasteiger partial charge in [0.15, 0.2) is 5.82 Å². The van der Waals surface area contributed by atoms with Crippen LogP contribution in [0.15, 0.2) is 12.4 Å². The van der Waals surface area contributed by atoms with Gasteiger partial charge in [0, 0.05) is 18.9 Å². The summed E-state index contributed by atoms with van der Waals surface area (Å²) in [7, 11) is 0. The van der Waals surface area contributed by atoms with E-state index in [2.05, 4.69) is 21.5 Å². The van der Waals surface area contributed by atoms with Gasteiger partial charge in [-0.25, -0.2) is 9.97 Å². The number of hydrogen-bond acceptors (Lipinski definition) is 5. The van der Waals surface area contributed by atoms with Crippen LogP contribution in [0.4, 0.5) is 5.82 Å². The van der Waals surface area contributed by atoms with Gasteiger partial charge in [-0.1, -0.05) is 0 Å². The Labute approximate surface area is 101 Å². The molecule has 0 aliphatic rings. The summed E-state index contributed by atoms with van der Waals surface area (Å²) >= 11 is 1.84. The molecule has 0 saturated carbocycles. The first-order chi connectivity index (χ1) is 7.74. The Morgan fingerprint density at radius 2 is 2.12 bits per heavy atom. The Bertz CT molecular complexity index is 307. The van der Waals surface area contributed by atoms with E-state index >= 15 is 0 Å². The average molecular weight is 241 g/mol. The van der Waals surface area contributed by atoms with Gasteiger partial charge in [0.05, 0.1) is 6.10 Å². The van der Waals surface area contributed by atoms with Gasteiger partial charge in [0.25, 0.3) is 5.88 Å². The normalized spacial score (nSPS) is 10.5. The maximum absolute atomic E-state index is 5.56. The minimum atomic E-state index is 0.114. The number of nitrogens with zero attached hydrogens (tertiary/aromatic N) is 2. The van der Waals surface area contributed by atoms with E-state index < -0.39 is 0 Å². The smallest absolute Gasteiger partial charge is 0.257 e. The molecule has 0 unspecified atom stereocenters. The summed E-state index contributed by atoms with van der Waals surface area (Å²) in [5.74, 6) is 2.46. The number of hydrogen-bond donors (Lipinski definition) is 1. The minimum absolute atomic E-state index is 0.114. The average Bonchev–Trinajstić information content (AvgIpc) is 2.26. The fourth-order valence-electron chi connectivity index (χ4n) is 1.18. The zero-order valence-corrected chi connectivity index (χ0v) is 10.9. The summed E-state index contributed by atoms with van der Waals surface area (Å²) < 4.78 is 5.56. The quantitative estimate of drug-likeness (QED) is 0.743. The van der Waals surface area contributed by atoms with E-state index in [4.69, 9.17) is 4.74 Å². The Morgan fingerprint density at radius 1 is 1.38 bits per heavy atom. The zero-order chi connectivity index (χ0) is 11.8. The molecule has 16 heavy (non-hydrogen) atoms. The summed E-state index contributed by atoms with van der Waals surface area (Å²) in [6.45, 7) is 4.85. The van der Waals surface area contributed by atoms with Crippen LogP contribution in [-0.4, -0.2) is 34.6 Å². The van der Waals surface area contributed by atoms with Crippen molar-refractivity contribution in [2.24, 2.45) is 0 Å². The second-order valence-electron chi connectivity index (χ2n) is 3.65. The van der Waals surface area contributed by atoms with Crippen LogP contribution >= 0.6 is 11.8 Å². The third-order valence-corrected chi connectivity index (χ3v) is 2.53. The standard InChI is InChI=1S/C11H19N3OS/c1-9(2)15-11-10(13-6-7-14-11)12-5-4-8-16-3/h6-7,9H,4-5,8H2,1-3H3,(H,12,13). The predicted molar refractivity (Wildman–Crippen MR) is 69.3 cm³/mol. The highest BCUT2D eigenvalue weighted by atomic mass is 32.2. The second kappa shape index (κ2) is 7.33. The number of aromatic nitrogens is 2. The first-order valence-corrected chi connectivity index (χ1v) is 6.84. The Balaban J connectivity index is 2.50. The molecule has 0 atom stereocenters. The lowest BCUT2D eigenvalue weighted by molar-refractivity contribution is 0.233. The summed E-state index contributed by atoms with van der Waals surface area (Å²) in [5, 5.41) is 3.24. The highest BCUT2D eigenvalue weighted by molar-refractivity contribution is 7.98. The highest BCUT2D eigenvalue weighted by Crippen LogP contribution is 2.18. The number of anilines is 1. The molecule has 0 amide bonds. The number of nitrogens with one attached hydrogen (secondary N) is 1. The van der Waals surface area contributed by atoms with Crippen molar-refractivity contribution < 1.29 is 4.74 Å². The molecule has 0 radical (unpaired) electrons. The second-order valence-corrected chi connectivity index (χ2v) is 4.64. The van der Waals surface area contributed by atoms with E-state index in [9.17, 15) is 0 Å². The molecule has 0 saturated heterocycles. The van der Waals surface area contributed by atoms with Crippen LogP contribution in [0.2, 0.25) is 0 Å². The zero-order valence-electron chi connectivity index (χ0n) is 10.1. The van der Waals surface area contributed by atoms with Crippen molar-refractivity contribution in [1.82, 2.24) is 9.97 Å². The SMILES string of the molecule is CSCCCNc1nccnc1OC(C)C. The van der Waals surface area contributed by atoms with Crippen LogP contribution < -0.4 is 10.1 Å². The van der Waals surface area contributed by atoms with Crippen molar-refractivity contribution in [1.29, 1.82) is 0 Å². The fraction of sp³-hybridized carbons (Fsp3) is 0.636. The molecular formula is C11H19N3OS. The Hall–Kier alpha value is -0.970. The van der Waals surface area contributed by atoms with Gasteiger partial charge in [0.2, 0.25) is 0 Å². The third-order valence-electron chi connectivity index (χ3n) is 1.83. The molecule has 1 aromatic rings. The number of thioether (sulfide) groups is 1. The van der Waals surface area contributed by atoms with Crippen molar-refractivity contribution in [3.8, 4) is 5.88 Å². The molecule has 1 rings (SSSR count). The van der Waals surface area contributed by atoms with E-state index in [1.807, 2.05) is 25.6 Å². The van der Waals surface area contributed by atoms with Crippen LogP contribution in [0.1, 0.15) is 20.3 Å². The van der Waals surface area contributed by atoms with Gasteiger partial charge >= 0.3 is 0 Å². The van der Waals surface area contributed by atoms with E-state index in [-0.39, 0.29) is 6.10 Å². The fourth-order valence-corrected chi connectivity index (χ4v) is 1.61. The van der Waals surface area contributed by atoms with E-state index in [1.165, 1.54) is 0 Å². The summed E-state index contributed by atoms with van der Waals surface area (Å²) in [6.07, 6.45) is 6.65. The van der Waals surface area contributed by atoms with Crippen molar-refractivity contribution in [3.05, 3.63) is 12.4 Å². The molecule has 0 aliphatic heterocycles. The monoisotopic (exact) mass is 241 g/mol. The van der Waals surface area contributed by atoms with E-state index in [0.717, 1.165) is 24.5 Å². The molecule has 0 aromatic carbocycles. The third kappa shape index (κ3) is 4.70. The molecule has 1 heterocycles. The largest absolute Gasteiger partial charge is 0.472 e. The maximum atomic E-state index is 5.56. The molecule has 0 spiro atoms. The summed E-state index contributed by atoms with van der Waals surface area (Å²) in [6, 6.07) is 0. The maximum Gasteiger partial charge on any atom is 0.257 e. The lowest BCUT2D eigenvalue weighted by atomic mass is 10.4. The Morgan fingerprint density at radius 3 is 2.81 bits per heavy atom. The van der Waals surface area contributed by atoms with Gasteiger partial charge in [0.1, 0.15) is 0 Å². The number of rotatable bonds is 7. The lowest BCUT2D eigenvalue weighted by Gasteiger charge is -2.12. The van der Waals surface area contributed by atoms with Gasteiger partial charge in [-0.05, 0) is 32.3 Å². The van der Waals surface area contributed by atoms with Crippen LogP contribution in [0.3, 0.4) is 0 Å². The highest BCUT2D eigenvalue weighted by Gasteiger charge is 2.06. The van der Waals surface area contributed by atoms with Crippen LogP contribution in [0.25, 0.3) is 0 Å². The Kier molecular flexibility index (Phi) is 6.00. The summed E-state index contributed by atoms with van der Waals surface area (Å²) in [4.78, 5) is 8.39. The van der Waals surface area contributed by atoms with Gasteiger partial charge in [-0.2, -0.15) is 11.8 Å². The molecular weight excluding hydrogens is 222 g/mol.